The van der Waals surface area contributed by atoms with Crippen molar-refractivity contribution in [2.75, 3.05) is 13.7 Å². The number of hydrogen-bond acceptors (Lipinski definition) is 2. The zero-order chi connectivity index (χ0) is 11.0. The summed E-state index contributed by atoms with van der Waals surface area (Å²) in [5, 5.41) is 3.41. The van der Waals surface area contributed by atoms with Gasteiger partial charge in [-0.25, -0.2) is 0 Å². The van der Waals surface area contributed by atoms with E-state index in [0.717, 1.165) is 18.9 Å². The summed E-state index contributed by atoms with van der Waals surface area (Å²) in [4.78, 5) is 0. The van der Waals surface area contributed by atoms with Gasteiger partial charge in [0.15, 0.2) is 0 Å². The van der Waals surface area contributed by atoms with Gasteiger partial charge in [-0.05, 0) is 26.3 Å². The summed E-state index contributed by atoms with van der Waals surface area (Å²) in [6, 6.07) is 0.509. The minimum atomic E-state index is 0.370. The molecule has 0 aliphatic heterocycles. The molecule has 0 aromatic carbocycles. The molecule has 2 atom stereocenters. The Kier molecular flexibility index (Phi) is 8.20. The second-order valence-corrected chi connectivity index (χ2v) is 3.79. The van der Waals surface area contributed by atoms with Crippen LogP contribution >= 0.6 is 0 Å². The molecular weight excluding hydrogens is 174 g/mol. The Hall–Kier alpha value is -0.0800. The maximum absolute atomic E-state index is 5.77. The van der Waals surface area contributed by atoms with E-state index >= 15 is 0 Å². The van der Waals surface area contributed by atoms with Crippen LogP contribution < -0.4 is 5.32 Å². The van der Waals surface area contributed by atoms with Gasteiger partial charge in [-0.3, -0.25) is 0 Å². The van der Waals surface area contributed by atoms with Crippen molar-refractivity contribution in [3.05, 3.63) is 0 Å². The third-order valence-corrected chi connectivity index (χ3v) is 3.07. The number of hydrogen-bond donors (Lipinski definition) is 1. The van der Waals surface area contributed by atoms with Crippen molar-refractivity contribution in [3.63, 3.8) is 0 Å². The monoisotopic (exact) mass is 201 g/mol. The van der Waals surface area contributed by atoms with Gasteiger partial charge in [0.2, 0.25) is 0 Å². The highest BCUT2D eigenvalue weighted by Crippen LogP contribution is 2.19. The molecule has 0 aliphatic carbocycles. The summed E-state index contributed by atoms with van der Waals surface area (Å²) in [7, 11) is 2.05. The molecule has 0 radical (unpaired) electrons. The molecule has 14 heavy (non-hydrogen) atoms. The van der Waals surface area contributed by atoms with Crippen molar-refractivity contribution in [2.24, 2.45) is 5.92 Å². The highest BCUT2D eigenvalue weighted by atomic mass is 16.5. The van der Waals surface area contributed by atoms with Gasteiger partial charge < -0.3 is 10.1 Å². The summed E-state index contributed by atoms with van der Waals surface area (Å²) >= 11 is 0. The van der Waals surface area contributed by atoms with E-state index in [0.29, 0.717) is 12.1 Å². The van der Waals surface area contributed by atoms with Crippen molar-refractivity contribution >= 4 is 0 Å². The van der Waals surface area contributed by atoms with Crippen LogP contribution in [0.3, 0.4) is 0 Å². The Morgan fingerprint density at radius 1 is 1.00 bits per heavy atom. The fraction of sp³-hybridized carbons (Fsp3) is 1.00. The van der Waals surface area contributed by atoms with Crippen molar-refractivity contribution in [3.8, 4) is 0 Å². The third kappa shape index (κ3) is 3.97. The Morgan fingerprint density at radius 2 is 1.57 bits per heavy atom. The molecule has 0 fully saturated rings. The highest BCUT2D eigenvalue weighted by Gasteiger charge is 2.25. The zero-order valence-electron chi connectivity index (χ0n) is 10.5. The lowest BCUT2D eigenvalue weighted by molar-refractivity contribution is 0.0160. The van der Waals surface area contributed by atoms with Gasteiger partial charge in [-0.15, -0.1) is 0 Å². The lowest BCUT2D eigenvalue weighted by Crippen LogP contribution is -2.44. The topological polar surface area (TPSA) is 21.3 Å². The molecule has 0 saturated heterocycles. The molecule has 1 N–H and O–H groups in total. The number of ether oxygens (including phenoxy) is 1. The second-order valence-electron chi connectivity index (χ2n) is 3.79. The SMILES string of the molecule is CCOC(CC)C(NC)C(CC)CC. The first-order valence-corrected chi connectivity index (χ1v) is 6.03. The van der Waals surface area contributed by atoms with Crippen LogP contribution in [0.5, 0.6) is 0 Å². The van der Waals surface area contributed by atoms with Crippen molar-refractivity contribution in [1.82, 2.24) is 5.32 Å². The normalized spacial score (nSPS) is 15.9. The molecular formula is C12H27NO. The third-order valence-electron chi connectivity index (χ3n) is 3.07. The van der Waals surface area contributed by atoms with Gasteiger partial charge in [-0.1, -0.05) is 33.6 Å². The highest BCUT2D eigenvalue weighted by molar-refractivity contribution is 4.81. The standard InChI is InChI=1S/C12H27NO/c1-6-10(7-2)12(13-5)11(8-3)14-9-4/h10-13H,6-9H2,1-5H3. The van der Waals surface area contributed by atoms with Gasteiger partial charge in [0, 0.05) is 12.6 Å². The summed E-state index contributed by atoms with van der Waals surface area (Å²) in [6.07, 6.45) is 3.92. The molecule has 2 unspecified atom stereocenters. The predicted molar refractivity (Wildman–Crippen MR) is 62.6 cm³/mol. The van der Waals surface area contributed by atoms with Gasteiger partial charge in [-0.2, -0.15) is 0 Å². The van der Waals surface area contributed by atoms with E-state index in [-0.39, 0.29) is 0 Å². The lowest BCUT2D eigenvalue weighted by atomic mass is 9.89. The molecule has 0 bridgehead atoms. The van der Waals surface area contributed by atoms with Crippen molar-refractivity contribution < 1.29 is 4.74 Å². The summed E-state index contributed by atoms with van der Waals surface area (Å²) < 4.78 is 5.77. The van der Waals surface area contributed by atoms with Crippen molar-refractivity contribution in [1.29, 1.82) is 0 Å². The van der Waals surface area contributed by atoms with E-state index in [2.05, 4.69) is 33.0 Å². The van der Waals surface area contributed by atoms with Crippen molar-refractivity contribution in [2.45, 2.75) is 59.1 Å². The van der Waals surface area contributed by atoms with Crippen LogP contribution in [0.25, 0.3) is 0 Å². The largest absolute Gasteiger partial charge is 0.377 e. The molecule has 0 aromatic heterocycles. The van der Waals surface area contributed by atoms with Gasteiger partial charge in [0.05, 0.1) is 6.10 Å². The maximum atomic E-state index is 5.77. The lowest BCUT2D eigenvalue weighted by Gasteiger charge is -2.31. The first-order valence-electron chi connectivity index (χ1n) is 6.03. The van der Waals surface area contributed by atoms with Crippen LogP contribution in [0.4, 0.5) is 0 Å². The first kappa shape index (κ1) is 13.9. The predicted octanol–water partition coefficient (Wildman–Crippen LogP) is 2.83. The average molecular weight is 201 g/mol. The molecule has 0 heterocycles. The van der Waals surface area contributed by atoms with E-state index < -0.39 is 0 Å². The molecule has 2 heteroatoms. The van der Waals surface area contributed by atoms with E-state index in [9.17, 15) is 0 Å². The minimum absolute atomic E-state index is 0.370. The minimum Gasteiger partial charge on any atom is -0.377 e. The van der Waals surface area contributed by atoms with E-state index in [1.807, 2.05) is 7.05 Å². The first-order chi connectivity index (χ1) is 6.74. The van der Waals surface area contributed by atoms with Gasteiger partial charge >= 0.3 is 0 Å². The number of likely N-dealkylation sites (N-methyl/N-ethyl adjacent to an activating group) is 1. The summed E-state index contributed by atoms with van der Waals surface area (Å²) in [5.74, 6) is 0.733. The van der Waals surface area contributed by atoms with E-state index in [4.69, 9.17) is 4.74 Å². The fourth-order valence-corrected chi connectivity index (χ4v) is 2.21. The molecule has 0 spiro atoms. The molecule has 0 amide bonds. The summed E-state index contributed by atoms with van der Waals surface area (Å²) in [5.41, 5.74) is 0. The molecule has 0 saturated carbocycles. The Labute approximate surface area is 89.4 Å². The number of rotatable bonds is 8. The van der Waals surface area contributed by atoms with Gasteiger partial charge in [0.25, 0.3) is 0 Å². The Balaban J connectivity index is 4.31. The maximum Gasteiger partial charge on any atom is 0.0727 e. The summed E-state index contributed by atoms with van der Waals surface area (Å²) in [6.45, 7) is 9.61. The Morgan fingerprint density at radius 3 is 1.86 bits per heavy atom. The fourth-order valence-electron chi connectivity index (χ4n) is 2.21. The quantitative estimate of drug-likeness (QED) is 0.652. The smallest absolute Gasteiger partial charge is 0.0727 e. The molecule has 86 valence electrons. The van der Waals surface area contributed by atoms with Crippen LogP contribution in [0.2, 0.25) is 0 Å². The number of nitrogens with one attached hydrogen (secondary N) is 1. The average Bonchev–Trinajstić information content (AvgIpc) is 2.23. The molecule has 0 aromatic rings. The van der Waals surface area contributed by atoms with Crippen LogP contribution in [-0.4, -0.2) is 25.8 Å². The van der Waals surface area contributed by atoms with Crippen LogP contribution in [0.15, 0.2) is 0 Å². The Bertz CT molecular complexity index is 123. The molecule has 0 aliphatic rings. The van der Waals surface area contributed by atoms with E-state index in [1.165, 1.54) is 12.8 Å². The molecule has 2 nitrogen and oxygen atoms in total. The van der Waals surface area contributed by atoms with Gasteiger partial charge in [0.1, 0.15) is 0 Å². The molecule has 0 rings (SSSR count). The van der Waals surface area contributed by atoms with Crippen LogP contribution in [0, 0.1) is 5.92 Å². The van der Waals surface area contributed by atoms with Crippen LogP contribution in [0.1, 0.15) is 47.0 Å². The van der Waals surface area contributed by atoms with Crippen LogP contribution in [-0.2, 0) is 4.74 Å². The van der Waals surface area contributed by atoms with E-state index in [1.54, 1.807) is 0 Å². The zero-order valence-corrected chi connectivity index (χ0v) is 10.5. The second kappa shape index (κ2) is 8.25.